The minimum Gasteiger partial charge on any atom is -0.481 e. The third-order valence-corrected chi connectivity index (χ3v) is 4.65. The molecule has 26 heavy (non-hydrogen) atoms. The zero-order valence-electron chi connectivity index (χ0n) is 15.5. The first kappa shape index (κ1) is 18.0. The van der Waals surface area contributed by atoms with Gasteiger partial charge in [0, 0.05) is 0 Å². The molecule has 0 aliphatic carbocycles. The predicted molar refractivity (Wildman–Crippen MR) is 106 cm³/mol. The molecule has 0 aromatic heterocycles. The summed E-state index contributed by atoms with van der Waals surface area (Å²) in [5.41, 5.74) is 2.38. The Hall–Kier alpha value is -2.81. The number of nitrogens with one attached hydrogen (secondary N) is 1. The summed E-state index contributed by atoms with van der Waals surface area (Å²) in [4.78, 5) is 12.5. The van der Waals surface area contributed by atoms with Gasteiger partial charge in [0.05, 0.1) is 6.04 Å². The maximum Gasteiger partial charge on any atom is 0.261 e. The smallest absolute Gasteiger partial charge is 0.261 e. The maximum absolute atomic E-state index is 12.5. The number of hydrogen-bond acceptors (Lipinski definition) is 2. The van der Waals surface area contributed by atoms with Gasteiger partial charge >= 0.3 is 0 Å². The molecule has 3 aromatic carbocycles. The molecule has 3 rings (SSSR count). The average molecular weight is 347 g/mol. The molecule has 3 heteroatoms. The second-order valence-electron chi connectivity index (χ2n) is 6.59. The van der Waals surface area contributed by atoms with Crippen LogP contribution < -0.4 is 10.1 Å². The fraction of sp³-hybridized carbons (Fsp3) is 0.261. The quantitative estimate of drug-likeness (QED) is 0.678. The molecule has 0 saturated heterocycles. The van der Waals surface area contributed by atoms with Crippen LogP contribution >= 0.6 is 0 Å². The standard InChI is InChI=1S/C23H25NO2/c1-4-18-9-11-19(12-10-18)16(2)24-23(25)17(3)26-22-14-13-20-7-5-6-8-21(20)15-22/h5-17H,4H2,1-3H3,(H,24,25)/t16-,17+/m0/s1. The molecular formula is C23H25NO2. The maximum atomic E-state index is 12.5. The molecule has 0 aliphatic heterocycles. The van der Waals surface area contributed by atoms with E-state index in [2.05, 4.69) is 42.6 Å². The van der Waals surface area contributed by atoms with Crippen molar-refractivity contribution < 1.29 is 9.53 Å². The van der Waals surface area contributed by atoms with Crippen LogP contribution in [-0.4, -0.2) is 12.0 Å². The van der Waals surface area contributed by atoms with Gasteiger partial charge in [-0.2, -0.15) is 0 Å². The minimum atomic E-state index is -0.562. The zero-order valence-corrected chi connectivity index (χ0v) is 15.5. The van der Waals surface area contributed by atoms with Crippen molar-refractivity contribution in [3.8, 4) is 5.75 Å². The highest BCUT2D eigenvalue weighted by atomic mass is 16.5. The number of carbonyl (C=O) groups is 1. The monoisotopic (exact) mass is 347 g/mol. The first-order valence-electron chi connectivity index (χ1n) is 9.11. The van der Waals surface area contributed by atoms with Crippen LogP contribution in [0.1, 0.15) is 37.9 Å². The highest BCUT2D eigenvalue weighted by Crippen LogP contribution is 2.22. The van der Waals surface area contributed by atoms with Gasteiger partial charge in [-0.25, -0.2) is 0 Å². The number of ether oxygens (including phenoxy) is 1. The van der Waals surface area contributed by atoms with Gasteiger partial charge in [-0.1, -0.05) is 61.5 Å². The van der Waals surface area contributed by atoms with E-state index in [1.165, 1.54) is 5.56 Å². The van der Waals surface area contributed by atoms with E-state index in [1.54, 1.807) is 6.92 Å². The fourth-order valence-corrected chi connectivity index (χ4v) is 2.95. The molecule has 1 amide bonds. The first-order valence-corrected chi connectivity index (χ1v) is 9.11. The Kier molecular flexibility index (Phi) is 5.57. The Morgan fingerprint density at radius 1 is 0.962 bits per heavy atom. The van der Waals surface area contributed by atoms with E-state index in [9.17, 15) is 4.79 Å². The van der Waals surface area contributed by atoms with E-state index >= 15 is 0 Å². The number of amides is 1. The highest BCUT2D eigenvalue weighted by molar-refractivity contribution is 5.84. The van der Waals surface area contributed by atoms with Crippen molar-refractivity contribution in [2.45, 2.75) is 39.3 Å². The average Bonchev–Trinajstić information content (AvgIpc) is 2.67. The van der Waals surface area contributed by atoms with E-state index in [0.717, 1.165) is 22.8 Å². The van der Waals surface area contributed by atoms with Gasteiger partial charge in [0.1, 0.15) is 5.75 Å². The van der Waals surface area contributed by atoms with Crippen LogP contribution in [0, 0.1) is 0 Å². The normalized spacial score (nSPS) is 13.2. The van der Waals surface area contributed by atoms with Crippen molar-refractivity contribution in [3.05, 3.63) is 77.9 Å². The molecule has 2 atom stereocenters. The highest BCUT2D eigenvalue weighted by Gasteiger charge is 2.18. The molecule has 3 nitrogen and oxygen atoms in total. The summed E-state index contributed by atoms with van der Waals surface area (Å²) < 4.78 is 5.85. The number of benzene rings is 3. The minimum absolute atomic E-state index is 0.0592. The van der Waals surface area contributed by atoms with Gasteiger partial charge in [0.2, 0.25) is 0 Å². The van der Waals surface area contributed by atoms with Gasteiger partial charge in [0.25, 0.3) is 5.91 Å². The molecule has 3 aromatic rings. The van der Waals surface area contributed by atoms with E-state index in [4.69, 9.17) is 4.74 Å². The van der Waals surface area contributed by atoms with E-state index in [-0.39, 0.29) is 11.9 Å². The summed E-state index contributed by atoms with van der Waals surface area (Å²) in [6.45, 7) is 5.89. The van der Waals surface area contributed by atoms with Crippen LogP contribution in [0.4, 0.5) is 0 Å². The molecule has 0 spiro atoms. The second kappa shape index (κ2) is 8.05. The lowest BCUT2D eigenvalue weighted by Crippen LogP contribution is -2.37. The van der Waals surface area contributed by atoms with Crippen molar-refractivity contribution in [3.63, 3.8) is 0 Å². The van der Waals surface area contributed by atoms with Gasteiger partial charge < -0.3 is 10.1 Å². The van der Waals surface area contributed by atoms with E-state index in [1.807, 2.05) is 43.3 Å². The van der Waals surface area contributed by atoms with Gasteiger partial charge in [-0.3, -0.25) is 4.79 Å². The van der Waals surface area contributed by atoms with Crippen molar-refractivity contribution in [1.29, 1.82) is 0 Å². The van der Waals surface area contributed by atoms with Crippen molar-refractivity contribution in [2.24, 2.45) is 0 Å². The molecule has 0 fully saturated rings. The summed E-state index contributed by atoms with van der Waals surface area (Å²) in [5, 5.41) is 5.28. The van der Waals surface area contributed by atoms with Crippen LogP contribution in [0.25, 0.3) is 10.8 Å². The van der Waals surface area contributed by atoms with Crippen LogP contribution in [0.15, 0.2) is 66.7 Å². The summed E-state index contributed by atoms with van der Waals surface area (Å²) in [6, 6.07) is 22.3. The molecule has 0 unspecified atom stereocenters. The Labute approximate surface area is 155 Å². The van der Waals surface area contributed by atoms with Gasteiger partial charge in [-0.05, 0) is 54.3 Å². The van der Waals surface area contributed by atoms with Crippen LogP contribution in [0.5, 0.6) is 5.75 Å². The lowest BCUT2D eigenvalue weighted by Gasteiger charge is -2.19. The summed E-state index contributed by atoms with van der Waals surface area (Å²) in [5.74, 6) is 0.580. The first-order chi connectivity index (χ1) is 12.6. The molecule has 134 valence electrons. The molecular weight excluding hydrogens is 322 g/mol. The third-order valence-electron chi connectivity index (χ3n) is 4.65. The molecule has 0 aliphatic rings. The summed E-state index contributed by atoms with van der Waals surface area (Å²) in [6.07, 6.45) is 0.450. The second-order valence-corrected chi connectivity index (χ2v) is 6.59. The number of fused-ring (bicyclic) bond motifs is 1. The Bertz CT molecular complexity index is 886. The van der Waals surface area contributed by atoms with E-state index in [0.29, 0.717) is 5.75 Å². The SMILES string of the molecule is CCc1ccc([C@H](C)NC(=O)[C@@H](C)Oc2ccc3ccccc3c2)cc1. The Morgan fingerprint density at radius 2 is 1.65 bits per heavy atom. The lowest BCUT2D eigenvalue weighted by atomic mass is 10.0. The Balaban J connectivity index is 1.62. The largest absolute Gasteiger partial charge is 0.481 e. The molecule has 0 saturated carbocycles. The number of hydrogen-bond donors (Lipinski definition) is 1. The molecule has 0 heterocycles. The topological polar surface area (TPSA) is 38.3 Å². The van der Waals surface area contributed by atoms with E-state index < -0.39 is 6.10 Å². The fourth-order valence-electron chi connectivity index (χ4n) is 2.95. The van der Waals surface area contributed by atoms with Gasteiger partial charge in [-0.15, -0.1) is 0 Å². The zero-order chi connectivity index (χ0) is 18.5. The third kappa shape index (κ3) is 4.23. The van der Waals surface area contributed by atoms with Crippen molar-refractivity contribution in [1.82, 2.24) is 5.32 Å². The van der Waals surface area contributed by atoms with Gasteiger partial charge in [0.15, 0.2) is 6.10 Å². The predicted octanol–water partition coefficient (Wildman–Crippen LogP) is 5.05. The summed E-state index contributed by atoms with van der Waals surface area (Å²) >= 11 is 0. The Morgan fingerprint density at radius 3 is 2.35 bits per heavy atom. The lowest BCUT2D eigenvalue weighted by molar-refractivity contribution is -0.127. The number of carbonyl (C=O) groups excluding carboxylic acids is 1. The van der Waals surface area contributed by atoms with Crippen LogP contribution in [-0.2, 0) is 11.2 Å². The van der Waals surface area contributed by atoms with Crippen LogP contribution in [0.2, 0.25) is 0 Å². The molecule has 0 radical (unpaired) electrons. The summed E-state index contributed by atoms with van der Waals surface area (Å²) in [7, 11) is 0. The van der Waals surface area contributed by atoms with Crippen LogP contribution in [0.3, 0.4) is 0 Å². The number of aryl methyl sites for hydroxylation is 1. The number of rotatable bonds is 6. The van der Waals surface area contributed by atoms with Crippen molar-refractivity contribution >= 4 is 16.7 Å². The molecule has 1 N–H and O–H groups in total. The molecule has 0 bridgehead atoms. The van der Waals surface area contributed by atoms with Crippen molar-refractivity contribution in [2.75, 3.05) is 0 Å².